The second-order valence-corrected chi connectivity index (χ2v) is 8.17. The molecule has 0 aliphatic heterocycles. The van der Waals surface area contributed by atoms with Gasteiger partial charge in [-0.25, -0.2) is 8.42 Å². The number of hydrogen-bond donors (Lipinski definition) is 0. The van der Waals surface area contributed by atoms with E-state index < -0.39 is 10.0 Å². The van der Waals surface area contributed by atoms with Gasteiger partial charge in [-0.15, -0.1) is 0 Å². The maximum absolute atomic E-state index is 13.0. The van der Waals surface area contributed by atoms with E-state index in [1.54, 1.807) is 6.07 Å². The summed E-state index contributed by atoms with van der Waals surface area (Å²) in [5.41, 5.74) is 3.81. The first-order chi connectivity index (χ1) is 11.3. The van der Waals surface area contributed by atoms with Crippen molar-refractivity contribution in [2.75, 3.05) is 25.5 Å². The SMILES string of the molecule is CCN(Cc1ccc(N(C)C)cc1)S(=O)(=O)c1cc(C)ccc1C. The Morgan fingerprint density at radius 3 is 2.12 bits per heavy atom. The lowest BCUT2D eigenvalue weighted by molar-refractivity contribution is 0.423. The third kappa shape index (κ3) is 3.97. The minimum absolute atomic E-state index is 0.375. The quantitative estimate of drug-likeness (QED) is 0.803. The Labute approximate surface area is 145 Å². The summed E-state index contributed by atoms with van der Waals surface area (Å²) in [5, 5.41) is 0. The molecule has 5 heteroatoms. The topological polar surface area (TPSA) is 40.6 Å². The summed E-state index contributed by atoms with van der Waals surface area (Å²) in [6.45, 7) is 6.43. The Balaban J connectivity index is 2.31. The lowest BCUT2D eigenvalue weighted by Gasteiger charge is -2.22. The van der Waals surface area contributed by atoms with Gasteiger partial charge in [0.1, 0.15) is 0 Å². The zero-order valence-corrected chi connectivity index (χ0v) is 15.9. The van der Waals surface area contributed by atoms with Crippen molar-refractivity contribution in [3.8, 4) is 0 Å². The second kappa shape index (κ2) is 7.36. The van der Waals surface area contributed by atoms with E-state index in [2.05, 4.69) is 0 Å². The molecule has 0 aliphatic rings. The molecule has 0 amide bonds. The summed E-state index contributed by atoms with van der Waals surface area (Å²) < 4.78 is 27.6. The minimum atomic E-state index is -3.51. The van der Waals surface area contributed by atoms with Crippen LogP contribution >= 0.6 is 0 Å². The molecule has 2 rings (SSSR count). The van der Waals surface area contributed by atoms with Crippen molar-refractivity contribution in [2.24, 2.45) is 0 Å². The van der Waals surface area contributed by atoms with Crippen molar-refractivity contribution < 1.29 is 8.42 Å². The second-order valence-electron chi connectivity index (χ2n) is 6.26. The standard InChI is InChI=1S/C19H26N2O2S/c1-6-21(14-17-9-11-18(12-10-17)20(4)5)24(22,23)19-13-15(2)7-8-16(19)3/h7-13H,6,14H2,1-5H3. The van der Waals surface area contributed by atoms with Crippen LogP contribution < -0.4 is 4.90 Å². The summed E-state index contributed by atoms with van der Waals surface area (Å²) in [4.78, 5) is 2.42. The Kier molecular flexibility index (Phi) is 5.67. The van der Waals surface area contributed by atoms with Crippen molar-refractivity contribution in [2.45, 2.75) is 32.2 Å². The highest BCUT2D eigenvalue weighted by molar-refractivity contribution is 7.89. The Hall–Kier alpha value is -1.85. The average molecular weight is 346 g/mol. The van der Waals surface area contributed by atoms with Gasteiger partial charge in [0.05, 0.1) is 4.90 Å². The van der Waals surface area contributed by atoms with Gasteiger partial charge >= 0.3 is 0 Å². The molecule has 0 saturated carbocycles. The van der Waals surface area contributed by atoms with Crippen LogP contribution in [0.25, 0.3) is 0 Å². The number of nitrogens with zero attached hydrogens (tertiary/aromatic N) is 2. The van der Waals surface area contributed by atoms with Crippen molar-refractivity contribution in [3.05, 3.63) is 59.2 Å². The van der Waals surface area contributed by atoms with Crippen LogP contribution in [0.15, 0.2) is 47.4 Å². The van der Waals surface area contributed by atoms with Gasteiger partial charge in [0.15, 0.2) is 0 Å². The highest BCUT2D eigenvalue weighted by Gasteiger charge is 2.25. The zero-order chi connectivity index (χ0) is 17.9. The van der Waals surface area contributed by atoms with Crippen LogP contribution in [0.4, 0.5) is 5.69 Å². The predicted octanol–water partition coefficient (Wildman–Crippen LogP) is 3.58. The molecule has 2 aromatic rings. The third-order valence-corrected chi connectivity index (χ3v) is 6.19. The van der Waals surface area contributed by atoms with E-state index in [1.165, 1.54) is 4.31 Å². The fourth-order valence-electron chi connectivity index (χ4n) is 2.59. The molecule has 2 aromatic carbocycles. The molecule has 0 aliphatic carbocycles. The van der Waals surface area contributed by atoms with Gasteiger partial charge in [0.25, 0.3) is 0 Å². The molecule has 130 valence electrons. The average Bonchev–Trinajstić information content (AvgIpc) is 2.55. The minimum Gasteiger partial charge on any atom is -0.378 e. The van der Waals surface area contributed by atoms with E-state index in [1.807, 2.05) is 76.2 Å². The molecule has 0 saturated heterocycles. The molecule has 0 radical (unpaired) electrons. The fourth-order valence-corrected chi connectivity index (χ4v) is 4.34. The maximum atomic E-state index is 13.0. The molecule has 24 heavy (non-hydrogen) atoms. The summed E-state index contributed by atoms with van der Waals surface area (Å²) in [6.07, 6.45) is 0. The molecule has 0 atom stereocenters. The lowest BCUT2D eigenvalue weighted by Crippen LogP contribution is -2.31. The molecule has 0 unspecified atom stereocenters. The molecule has 0 bridgehead atoms. The van der Waals surface area contributed by atoms with E-state index in [0.29, 0.717) is 18.0 Å². The summed E-state index contributed by atoms with van der Waals surface area (Å²) in [5.74, 6) is 0. The largest absolute Gasteiger partial charge is 0.378 e. The van der Waals surface area contributed by atoms with Crippen LogP contribution in [0.3, 0.4) is 0 Å². The highest BCUT2D eigenvalue weighted by Crippen LogP contribution is 2.23. The molecule has 4 nitrogen and oxygen atoms in total. The molecule has 0 heterocycles. The summed E-state index contributed by atoms with van der Waals surface area (Å²) >= 11 is 0. The maximum Gasteiger partial charge on any atom is 0.243 e. The van der Waals surface area contributed by atoms with Gasteiger partial charge < -0.3 is 4.90 Å². The summed E-state index contributed by atoms with van der Waals surface area (Å²) in [7, 11) is 0.463. The molecule has 0 spiro atoms. The Morgan fingerprint density at radius 1 is 0.958 bits per heavy atom. The molecular weight excluding hydrogens is 320 g/mol. The zero-order valence-electron chi connectivity index (χ0n) is 15.1. The first-order valence-electron chi connectivity index (χ1n) is 8.09. The van der Waals surface area contributed by atoms with Gasteiger partial charge in [-0.1, -0.05) is 31.2 Å². The smallest absolute Gasteiger partial charge is 0.243 e. The normalized spacial score (nSPS) is 11.8. The fraction of sp³-hybridized carbons (Fsp3) is 0.368. The first-order valence-corrected chi connectivity index (χ1v) is 9.53. The van der Waals surface area contributed by atoms with Gasteiger partial charge in [-0.3, -0.25) is 0 Å². The van der Waals surface area contributed by atoms with E-state index >= 15 is 0 Å². The monoisotopic (exact) mass is 346 g/mol. The van der Waals surface area contributed by atoms with Crippen LogP contribution in [-0.4, -0.2) is 33.4 Å². The first kappa shape index (κ1) is 18.5. The number of hydrogen-bond acceptors (Lipinski definition) is 3. The summed E-state index contributed by atoms with van der Waals surface area (Å²) in [6, 6.07) is 13.5. The number of rotatable bonds is 6. The van der Waals surface area contributed by atoms with Crippen LogP contribution in [0.2, 0.25) is 0 Å². The van der Waals surface area contributed by atoms with Crippen molar-refractivity contribution in [1.29, 1.82) is 0 Å². The van der Waals surface area contributed by atoms with Gasteiger partial charge in [-0.2, -0.15) is 4.31 Å². The van der Waals surface area contributed by atoms with Crippen molar-refractivity contribution in [3.63, 3.8) is 0 Å². The molecule has 0 fully saturated rings. The van der Waals surface area contributed by atoms with Gasteiger partial charge in [0, 0.05) is 32.9 Å². The Bertz CT molecular complexity index is 797. The molecule has 0 N–H and O–H groups in total. The highest BCUT2D eigenvalue weighted by atomic mass is 32.2. The van der Waals surface area contributed by atoms with Crippen LogP contribution in [0.1, 0.15) is 23.6 Å². The predicted molar refractivity (Wildman–Crippen MR) is 100.0 cm³/mol. The number of anilines is 1. The van der Waals surface area contributed by atoms with Gasteiger partial charge in [-0.05, 0) is 48.7 Å². The van der Waals surface area contributed by atoms with E-state index in [0.717, 1.165) is 22.4 Å². The number of aryl methyl sites for hydroxylation is 2. The van der Waals surface area contributed by atoms with E-state index in [9.17, 15) is 8.42 Å². The van der Waals surface area contributed by atoms with E-state index in [-0.39, 0.29) is 0 Å². The van der Waals surface area contributed by atoms with Crippen LogP contribution in [0, 0.1) is 13.8 Å². The van der Waals surface area contributed by atoms with Crippen molar-refractivity contribution >= 4 is 15.7 Å². The van der Waals surface area contributed by atoms with Crippen LogP contribution in [-0.2, 0) is 16.6 Å². The Morgan fingerprint density at radius 2 is 1.58 bits per heavy atom. The molecular formula is C19H26N2O2S. The van der Waals surface area contributed by atoms with E-state index in [4.69, 9.17) is 0 Å². The van der Waals surface area contributed by atoms with Crippen molar-refractivity contribution in [1.82, 2.24) is 4.31 Å². The number of benzene rings is 2. The third-order valence-electron chi connectivity index (χ3n) is 4.13. The number of sulfonamides is 1. The van der Waals surface area contributed by atoms with Crippen LogP contribution in [0.5, 0.6) is 0 Å². The van der Waals surface area contributed by atoms with Gasteiger partial charge in [0.2, 0.25) is 10.0 Å². The lowest BCUT2D eigenvalue weighted by atomic mass is 10.2. The molecule has 0 aromatic heterocycles.